The summed E-state index contributed by atoms with van der Waals surface area (Å²) in [5, 5.41) is 28.8. The molecule has 432 valence electrons. The Balaban J connectivity index is 0.00000160. The fraction of sp³-hybridized carbons (Fsp3) is 0.635. The molecule has 3 aromatic rings. The third kappa shape index (κ3) is 31.0. The summed E-state index contributed by atoms with van der Waals surface area (Å²) < 4.78 is 37.8. The van der Waals surface area contributed by atoms with Crippen molar-refractivity contribution in [3.8, 4) is 24.7 Å². The van der Waals surface area contributed by atoms with Crippen LogP contribution in [0.25, 0.3) is 0 Å². The third-order valence-electron chi connectivity index (χ3n) is 11.1. The molecule has 5 N–H and O–H groups in total. The minimum absolute atomic E-state index is 0. The van der Waals surface area contributed by atoms with Crippen LogP contribution >= 0.6 is 15.9 Å². The van der Waals surface area contributed by atoms with E-state index in [0.717, 1.165) is 24.7 Å². The van der Waals surface area contributed by atoms with Gasteiger partial charge in [-0.15, -0.1) is 24.7 Å². The first-order chi connectivity index (χ1) is 36.5. The molecule has 3 heterocycles. The summed E-state index contributed by atoms with van der Waals surface area (Å²) in [6.45, 7) is 9.98. The molecule has 77 heavy (non-hydrogen) atoms. The van der Waals surface area contributed by atoms with Crippen LogP contribution in [0.15, 0.2) is 56.2 Å². The lowest BCUT2D eigenvalue weighted by Crippen LogP contribution is -3.00. The fourth-order valence-corrected chi connectivity index (χ4v) is 6.53. The monoisotopic (exact) mass is 1210 g/mol. The Labute approximate surface area is 472 Å². The molecule has 0 aliphatic heterocycles. The third-order valence-corrected chi connectivity index (χ3v) is 11.6. The van der Waals surface area contributed by atoms with Crippen molar-refractivity contribution < 1.29 is 89.0 Å². The quantitative estimate of drug-likeness (QED) is 0.0142. The number of nitrogens with zero attached hydrogens (tertiary/aromatic N) is 6. The molecule has 3 atom stereocenters. The summed E-state index contributed by atoms with van der Waals surface area (Å²) in [7, 11) is 0. The summed E-state index contributed by atoms with van der Waals surface area (Å²) >= 11 is 3.31. The van der Waals surface area contributed by atoms with E-state index < -0.39 is 85.5 Å². The van der Waals surface area contributed by atoms with Crippen LogP contribution < -0.4 is 37.5 Å². The second-order valence-electron chi connectivity index (χ2n) is 18.2. The Morgan fingerprint density at radius 3 is 1.38 bits per heavy atom. The molecule has 0 fully saturated rings. The molecule has 3 amide bonds. The van der Waals surface area contributed by atoms with Gasteiger partial charge in [-0.2, -0.15) is 0 Å². The van der Waals surface area contributed by atoms with Gasteiger partial charge in [0.2, 0.25) is 24.0 Å². The van der Waals surface area contributed by atoms with Crippen LogP contribution in [-0.2, 0) is 69.0 Å². The first-order valence-corrected chi connectivity index (χ1v) is 26.4. The summed E-state index contributed by atoms with van der Waals surface area (Å²) in [6.07, 6.45) is 30.6. The Morgan fingerprint density at radius 1 is 0.597 bits per heavy atom. The molecule has 0 aliphatic rings. The van der Waals surface area contributed by atoms with Gasteiger partial charge in [-0.25, -0.2) is 33.5 Å². The van der Waals surface area contributed by atoms with Crippen LogP contribution in [-0.4, -0.2) is 148 Å². The van der Waals surface area contributed by atoms with E-state index >= 15 is 0 Å². The second-order valence-corrected chi connectivity index (χ2v) is 19.0. The van der Waals surface area contributed by atoms with Crippen LogP contribution in [0.4, 0.5) is 14.4 Å². The molecule has 0 aliphatic carbocycles. The Kier molecular flexibility index (Phi) is 38.6. The number of hydrogen-bond acceptors (Lipinski definition) is 16. The van der Waals surface area contributed by atoms with Gasteiger partial charge in [0, 0.05) is 82.1 Å². The van der Waals surface area contributed by atoms with Crippen LogP contribution in [0.5, 0.6) is 0 Å². The number of aryl methyl sites for hydroxylation is 4. The van der Waals surface area contributed by atoms with Crippen molar-refractivity contribution in [2.45, 2.75) is 119 Å². The Hall–Kier alpha value is -6.15. The zero-order chi connectivity index (χ0) is 56.5. The van der Waals surface area contributed by atoms with Crippen molar-refractivity contribution in [1.82, 2.24) is 39.6 Å². The molecule has 25 heteroatoms. The van der Waals surface area contributed by atoms with Crippen LogP contribution in [0.3, 0.4) is 0 Å². The van der Waals surface area contributed by atoms with E-state index in [0.29, 0.717) is 52.0 Å². The maximum atomic E-state index is 13.1. The summed E-state index contributed by atoms with van der Waals surface area (Å²) in [6, 6.07) is 0. The van der Waals surface area contributed by atoms with E-state index in [2.05, 4.69) is 72.1 Å². The summed E-state index contributed by atoms with van der Waals surface area (Å²) in [5.74, 6) is 3.22. The number of rotatable bonds is 34. The van der Waals surface area contributed by atoms with Gasteiger partial charge in [-0.05, 0) is 46.5 Å². The van der Waals surface area contributed by atoms with Crippen molar-refractivity contribution >= 4 is 52.1 Å². The number of imidazole rings is 3. The van der Waals surface area contributed by atoms with Gasteiger partial charge in [-0.3, -0.25) is 14.4 Å². The fourth-order valence-electron chi connectivity index (χ4n) is 5.97. The van der Waals surface area contributed by atoms with Gasteiger partial charge >= 0.3 is 18.5 Å². The lowest BCUT2D eigenvalue weighted by Gasteiger charge is -2.28. The number of aliphatic hydroxyl groups is 2. The van der Waals surface area contributed by atoms with Crippen molar-refractivity contribution in [3.05, 3.63) is 56.2 Å². The molecule has 0 bridgehead atoms. The second kappa shape index (κ2) is 41.9. The largest absolute Gasteiger partial charge is 1.00 e. The normalized spacial score (nSPS) is 12.6. The van der Waals surface area contributed by atoms with E-state index in [1.807, 2.05) is 38.6 Å². The van der Waals surface area contributed by atoms with Gasteiger partial charge < -0.3 is 80.7 Å². The highest BCUT2D eigenvalue weighted by atomic mass is 79.9. The van der Waals surface area contributed by atoms with E-state index in [4.69, 9.17) is 41.3 Å². The van der Waals surface area contributed by atoms with E-state index in [9.17, 15) is 39.0 Å². The minimum Gasteiger partial charge on any atom is -1.00 e. The zero-order valence-corrected chi connectivity index (χ0v) is 48.4. The summed E-state index contributed by atoms with van der Waals surface area (Å²) in [5.41, 5.74) is -4.18. The number of halogens is 2. The molecule has 3 aromatic heterocycles. The Morgan fingerprint density at radius 2 is 1.00 bits per heavy atom. The standard InChI is InChI=1S/C32H48N6O9.C16H23N3O5.C4H9Br.BrH/c1-5-7-14-37-18-19-38(26-37)16-10-12-34-27(40)31(3,21-39)22-45-30(43)47-24-32(4,23-46-29(42)44-20-8-6-2)28(41)35-11-9-15-36-17-13-33-25-36;1-3-4-10-23-15(22)24-12-16(2,11-20)14(21)18-6-5-8-19-9-7-17-13-19;1-2-3-4-5;/h2,13,17-19,25-26,39H,5,7-12,14-16,20-24H2,1,3-4H3,(H-,34,35,40,41);1,7,9,13,20H,4-6,8,10-12H2,2H3,(H,18,21);2-4H2,1H3;1H. The highest BCUT2D eigenvalue weighted by molar-refractivity contribution is 9.09. The first kappa shape index (κ1) is 70.8. The number of ether oxygens (including phenoxy) is 6. The SMILES string of the molecule is C#CCCOC(=O)OCC(C)(CO)C(=O)NCCCn1ccnc1.C#CCCOC(=O)OCC(C)(COC(=O)OCC(C)(CO)C(=O)NCCC[n+]1ccn(CCCC)c1)C(=O)NCCCn1ccnc1.CCCCBr.[Br-]. The molecule has 0 spiro atoms. The van der Waals surface area contributed by atoms with Gasteiger partial charge in [0.1, 0.15) is 68.3 Å². The molecule has 23 nitrogen and oxygen atoms in total. The molecular formula is C52H81Br2N9O14. The van der Waals surface area contributed by atoms with Crippen LogP contribution in [0.2, 0.25) is 0 Å². The van der Waals surface area contributed by atoms with E-state index in [1.54, 1.807) is 31.2 Å². The molecular weight excluding hydrogens is 1130 g/mol. The predicted octanol–water partition coefficient (Wildman–Crippen LogP) is 1.57. The molecule has 3 rings (SSSR count). The topological polar surface area (TPSA) is 279 Å². The van der Waals surface area contributed by atoms with Crippen molar-refractivity contribution in [1.29, 1.82) is 0 Å². The highest BCUT2D eigenvalue weighted by Crippen LogP contribution is 2.21. The lowest BCUT2D eigenvalue weighted by atomic mass is 9.91. The number of alkyl halides is 1. The average molecular weight is 1220 g/mol. The number of nitrogens with one attached hydrogen (secondary N) is 3. The number of hydrogen-bond donors (Lipinski definition) is 5. The zero-order valence-electron chi connectivity index (χ0n) is 45.3. The average Bonchev–Trinajstić information content (AvgIpc) is 4.25. The number of carbonyl (C=O) groups is 6. The molecule has 0 radical (unpaired) electrons. The number of carbonyl (C=O) groups excluding carboxylic acids is 6. The molecule has 0 saturated carbocycles. The molecule has 3 unspecified atom stereocenters. The maximum Gasteiger partial charge on any atom is 0.508 e. The number of amides is 3. The first-order valence-electron chi connectivity index (χ1n) is 25.3. The van der Waals surface area contributed by atoms with Gasteiger partial charge in [-0.1, -0.05) is 42.6 Å². The predicted molar refractivity (Wildman–Crippen MR) is 283 cm³/mol. The number of aromatic nitrogens is 6. The van der Waals surface area contributed by atoms with Gasteiger partial charge in [0.25, 0.3) is 0 Å². The number of terminal acetylenes is 2. The smallest absolute Gasteiger partial charge is 0.508 e. The lowest BCUT2D eigenvalue weighted by molar-refractivity contribution is -0.696. The van der Waals surface area contributed by atoms with Crippen molar-refractivity contribution in [2.24, 2.45) is 16.2 Å². The summed E-state index contributed by atoms with van der Waals surface area (Å²) in [4.78, 5) is 81.9. The Bertz CT molecular complexity index is 2180. The van der Waals surface area contributed by atoms with Crippen LogP contribution in [0, 0.1) is 40.9 Å². The maximum absolute atomic E-state index is 13.1. The minimum atomic E-state index is -1.51. The van der Waals surface area contributed by atoms with Crippen LogP contribution in [0.1, 0.15) is 92.4 Å². The van der Waals surface area contributed by atoms with E-state index in [-0.39, 0.29) is 56.2 Å². The van der Waals surface area contributed by atoms with Crippen molar-refractivity contribution in [3.63, 3.8) is 0 Å². The van der Waals surface area contributed by atoms with Crippen molar-refractivity contribution in [2.75, 3.05) is 77.8 Å². The number of aliphatic hydroxyl groups excluding tert-OH is 2. The molecule has 0 saturated heterocycles. The van der Waals surface area contributed by atoms with E-state index in [1.165, 1.54) is 33.6 Å². The highest BCUT2D eigenvalue weighted by Gasteiger charge is 2.39. The number of unbranched alkanes of at least 4 members (excludes halogenated alkanes) is 2. The molecule has 0 aromatic carbocycles. The van der Waals surface area contributed by atoms with Gasteiger partial charge in [0.15, 0.2) is 0 Å². The van der Waals surface area contributed by atoms with Gasteiger partial charge in [0.05, 0.1) is 39.0 Å².